The average Bonchev–Trinajstić information content (AvgIpc) is 2.94. The molecule has 2 N–H and O–H groups in total. The van der Waals surface area contributed by atoms with Crippen LogP contribution in [0.3, 0.4) is 0 Å². The van der Waals surface area contributed by atoms with Crippen molar-refractivity contribution < 1.29 is 9.53 Å². The smallest absolute Gasteiger partial charge is 0.243 e. The largest absolute Gasteiger partial charge is 0.384 e. The van der Waals surface area contributed by atoms with Crippen LogP contribution in [0.1, 0.15) is 22.5 Å². The highest BCUT2D eigenvalue weighted by Gasteiger charge is 2.10. The van der Waals surface area contributed by atoms with Gasteiger partial charge in [-0.25, -0.2) is 4.98 Å². The van der Waals surface area contributed by atoms with Gasteiger partial charge in [0.05, 0.1) is 13.2 Å². The molecule has 7 heteroatoms. The van der Waals surface area contributed by atoms with Crippen molar-refractivity contribution in [2.45, 2.75) is 27.2 Å². The number of nitrogens with zero attached hydrogens (tertiary/aromatic N) is 2. The minimum atomic E-state index is -0.103. The van der Waals surface area contributed by atoms with Crippen molar-refractivity contribution in [1.82, 2.24) is 9.36 Å². The van der Waals surface area contributed by atoms with Gasteiger partial charge in [-0.15, -0.1) is 0 Å². The first-order valence-electron chi connectivity index (χ1n) is 7.42. The van der Waals surface area contributed by atoms with E-state index in [0.29, 0.717) is 18.2 Å². The fourth-order valence-corrected chi connectivity index (χ4v) is 2.94. The first kappa shape index (κ1) is 17.4. The average molecular weight is 334 g/mol. The molecule has 0 saturated heterocycles. The lowest BCUT2D eigenvalue weighted by atomic mass is 10.1. The zero-order valence-corrected chi connectivity index (χ0v) is 14.7. The number of aromatic nitrogens is 2. The van der Waals surface area contributed by atoms with Crippen LogP contribution in [0.2, 0.25) is 0 Å². The Balaban J connectivity index is 1.89. The fraction of sp³-hybridized carbons (Fsp3) is 0.438. The van der Waals surface area contributed by atoms with Crippen LogP contribution in [0.15, 0.2) is 12.1 Å². The van der Waals surface area contributed by atoms with Crippen LogP contribution in [0.5, 0.6) is 0 Å². The predicted molar refractivity (Wildman–Crippen MR) is 93.3 cm³/mol. The van der Waals surface area contributed by atoms with Gasteiger partial charge in [0, 0.05) is 30.8 Å². The monoisotopic (exact) mass is 334 g/mol. The van der Waals surface area contributed by atoms with Crippen molar-refractivity contribution in [3.63, 3.8) is 0 Å². The molecule has 0 spiro atoms. The van der Waals surface area contributed by atoms with E-state index in [-0.39, 0.29) is 12.5 Å². The molecule has 0 fully saturated rings. The van der Waals surface area contributed by atoms with Crippen LogP contribution in [0, 0.1) is 20.8 Å². The molecular formula is C16H22N4O2S. The topological polar surface area (TPSA) is 76.1 Å². The molecule has 23 heavy (non-hydrogen) atoms. The van der Waals surface area contributed by atoms with E-state index in [9.17, 15) is 4.79 Å². The minimum Gasteiger partial charge on any atom is -0.384 e. The molecular weight excluding hydrogens is 312 g/mol. The Kier molecular flexibility index (Phi) is 6.06. The summed E-state index contributed by atoms with van der Waals surface area (Å²) in [7, 11) is 1.64. The highest BCUT2D eigenvalue weighted by Crippen LogP contribution is 2.21. The zero-order valence-electron chi connectivity index (χ0n) is 13.9. The van der Waals surface area contributed by atoms with Gasteiger partial charge in [0.2, 0.25) is 11.0 Å². The lowest BCUT2D eigenvalue weighted by molar-refractivity contribution is -0.114. The normalized spacial score (nSPS) is 10.6. The van der Waals surface area contributed by atoms with Gasteiger partial charge >= 0.3 is 0 Å². The zero-order chi connectivity index (χ0) is 16.8. The molecule has 1 aromatic heterocycles. The number of benzene rings is 1. The fourth-order valence-electron chi connectivity index (χ4n) is 2.34. The van der Waals surface area contributed by atoms with Crippen LogP contribution >= 0.6 is 11.5 Å². The number of methoxy groups -OCH3 is 1. The van der Waals surface area contributed by atoms with Gasteiger partial charge in [0.25, 0.3) is 0 Å². The van der Waals surface area contributed by atoms with E-state index in [1.165, 1.54) is 17.1 Å². The third-order valence-corrected chi connectivity index (χ3v) is 4.05. The van der Waals surface area contributed by atoms with Crippen LogP contribution < -0.4 is 10.6 Å². The molecule has 1 aromatic carbocycles. The number of rotatable bonds is 7. The number of hydrogen-bond donors (Lipinski definition) is 2. The highest BCUT2D eigenvalue weighted by atomic mass is 32.1. The Morgan fingerprint density at radius 1 is 1.26 bits per heavy atom. The third kappa shape index (κ3) is 5.01. The van der Waals surface area contributed by atoms with Gasteiger partial charge < -0.3 is 15.4 Å². The maximum atomic E-state index is 12.1. The van der Waals surface area contributed by atoms with E-state index in [1.54, 1.807) is 7.11 Å². The van der Waals surface area contributed by atoms with Crippen molar-refractivity contribution >= 4 is 28.3 Å². The Morgan fingerprint density at radius 2 is 1.96 bits per heavy atom. The molecule has 0 atom stereocenters. The second kappa shape index (κ2) is 8.03. The van der Waals surface area contributed by atoms with Crippen molar-refractivity contribution in [1.29, 1.82) is 0 Å². The van der Waals surface area contributed by atoms with Gasteiger partial charge in [-0.05, 0) is 31.9 Å². The maximum Gasteiger partial charge on any atom is 0.243 e. The standard InChI is InChI=1S/C16H22N4O2S/c1-10-7-11(2)15(12(3)8-10)19-14(21)9-17-16-18-13(20-23-16)5-6-22-4/h7-8H,5-6,9H2,1-4H3,(H,19,21)(H,17,18,20). The van der Waals surface area contributed by atoms with Gasteiger partial charge in [-0.3, -0.25) is 4.79 Å². The molecule has 0 aliphatic rings. The van der Waals surface area contributed by atoms with Gasteiger partial charge in [-0.2, -0.15) is 4.37 Å². The summed E-state index contributed by atoms with van der Waals surface area (Å²) in [4.78, 5) is 16.4. The summed E-state index contributed by atoms with van der Waals surface area (Å²) in [5, 5.41) is 6.60. The molecule has 1 amide bonds. The Bertz CT molecular complexity index is 661. The number of carbonyl (C=O) groups is 1. The quantitative estimate of drug-likeness (QED) is 0.814. The first-order valence-corrected chi connectivity index (χ1v) is 8.20. The van der Waals surface area contributed by atoms with Crippen LogP contribution in [-0.2, 0) is 16.0 Å². The van der Waals surface area contributed by atoms with E-state index in [2.05, 4.69) is 32.1 Å². The number of aryl methyl sites for hydroxylation is 3. The van der Waals surface area contributed by atoms with Crippen molar-refractivity contribution in [2.24, 2.45) is 0 Å². The summed E-state index contributed by atoms with van der Waals surface area (Å²) in [5.74, 6) is 0.624. The highest BCUT2D eigenvalue weighted by molar-refractivity contribution is 7.09. The van der Waals surface area contributed by atoms with E-state index in [4.69, 9.17) is 4.74 Å². The number of anilines is 2. The van der Waals surface area contributed by atoms with Gasteiger partial charge in [0.15, 0.2) is 0 Å². The van der Waals surface area contributed by atoms with E-state index < -0.39 is 0 Å². The molecule has 0 unspecified atom stereocenters. The summed E-state index contributed by atoms with van der Waals surface area (Å²) in [6.45, 7) is 6.78. The molecule has 0 bridgehead atoms. The molecule has 2 rings (SSSR count). The summed E-state index contributed by atoms with van der Waals surface area (Å²) in [6.07, 6.45) is 0.669. The Hall–Kier alpha value is -1.99. The summed E-state index contributed by atoms with van der Waals surface area (Å²) < 4.78 is 9.20. The molecule has 0 radical (unpaired) electrons. The Labute approximate surface area is 140 Å². The predicted octanol–water partition coefficient (Wildman–Crippen LogP) is 2.70. The van der Waals surface area contributed by atoms with Crippen LogP contribution in [-0.4, -0.2) is 35.5 Å². The molecule has 6 nitrogen and oxygen atoms in total. The van der Waals surface area contributed by atoms with E-state index >= 15 is 0 Å². The molecule has 2 aromatic rings. The Morgan fingerprint density at radius 3 is 2.61 bits per heavy atom. The van der Waals surface area contributed by atoms with Gasteiger partial charge in [-0.1, -0.05) is 17.7 Å². The molecule has 0 aliphatic carbocycles. The van der Waals surface area contributed by atoms with Gasteiger partial charge in [0.1, 0.15) is 5.82 Å². The molecule has 1 heterocycles. The van der Waals surface area contributed by atoms with Crippen LogP contribution in [0.4, 0.5) is 10.8 Å². The van der Waals surface area contributed by atoms with Crippen molar-refractivity contribution in [3.05, 3.63) is 34.6 Å². The summed E-state index contributed by atoms with van der Waals surface area (Å²) in [5.41, 5.74) is 4.19. The van der Waals surface area contributed by atoms with E-state index in [0.717, 1.165) is 22.6 Å². The second-order valence-electron chi connectivity index (χ2n) is 5.43. The number of amides is 1. The number of nitrogens with one attached hydrogen (secondary N) is 2. The van der Waals surface area contributed by atoms with Crippen LogP contribution in [0.25, 0.3) is 0 Å². The number of ether oxygens (including phenoxy) is 1. The number of hydrogen-bond acceptors (Lipinski definition) is 6. The molecule has 0 saturated carbocycles. The van der Waals surface area contributed by atoms with E-state index in [1.807, 2.05) is 20.8 Å². The first-order chi connectivity index (χ1) is 11.0. The van der Waals surface area contributed by atoms with Crippen molar-refractivity contribution in [3.8, 4) is 0 Å². The third-order valence-electron chi connectivity index (χ3n) is 3.34. The summed E-state index contributed by atoms with van der Waals surface area (Å²) >= 11 is 1.25. The second-order valence-corrected chi connectivity index (χ2v) is 6.19. The minimum absolute atomic E-state index is 0.103. The molecule has 0 aliphatic heterocycles. The number of carbonyl (C=O) groups excluding carboxylic acids is 1. The lowest BCUT2D eigenvalue weighted by Gasteiger charge is -2.12. The maximum absolute atomic E-state index is 12.1. The SMILES string of the molecule is COCCc1nsc(NCC(=O)Nc2c(C)cc(C)cc2C)n1. The van der Waals surface area contributed by atoms with Crippen molar-refractivity contribution in [2.75, 3.05) is 30.9 Å². The lowest BCUT2D eigenvalue weighted by Crippen LogP contribution is -2.22. The summed E-state index contributed by atoms with van der Waals surface area (Å²) in [6, 6.07) is 4.12. The molecule has 124 valence electrons.